The second-order valence-electron chi connectivity index (χ2n) is 5.10. The zero-order chi connectivity index (χ0) is 15.3. The molecule has 0 aliphatic carbocycles. The maximum absolute atomic E-state index is 13.0. The number of hydrogen-bond acceptors (Lipinski definition) is 3. The van der Waals surface area contributed by atoms with E-state index in [1.165, 1.54) is 24.1 Å². The predicted octanol–water partition coefficient (Wildman–Crippen LogP) is 1.25. The van der Waals surface area contributed by atoms with Gasteiger partial charge in [0.25, 0.3) is 5.91 Å². The van der Waals surface area contributed by atoms with Crippen LogP contribution in [0.4, 0.5) is 10.1 Å². The van der Waals surface area contributed by atoms with Crippen LogP contribution in [-0.4, -0.2) is 36.9 Å². The standard InChI is InChI=1S/C14H20FN3O2/c1-9(2)7-17-13(19)8-18(3)14(20)10-4-5-11(15)12(16)6-10/h4-6,9H,7-8,16H2,1-3H3,(H,17,19). The molecule has 0 bridgehead atoms. The number of nitrogens with two attached hydrogens (primary N) is 1. The molecule has 0 aliphatic rings. The normalized spacial score (nSPS) is 10.4. The highest BCUT2D eigenvalue weighted by Gasteiger charge is 2.16. The summed E-state index contributed by atoms with van der Waals surface area (Å²) in [6.45, 7) is 4.47. The smallest absolute Gasteiger partial charge is 0.254 e. The Labute approximate surface area is 117 Å². The molecule has 0 unspecified atom stereocenters. The van der Waals surface area contributed by atoms with Gasteiger partial charge in [0.05, 0.1) is 12.2 Å². The summed E-state index contributed by atoms with van der Waals surface area (Å²) in [6, 6.07) is 3.74. The van der Waals surface area contributed by atoms with E-state index < -0.39 is 5.82 Å². The summed E-state index contributed by atoms with van der Waals surface area (Å²) in [5, 5.41) is 2.72. The van der Waals surface area contributed by atoms with Gasteiger partial charge in [-0.15, -0.1) is 0 Å². The Morgan fingerprint density at radius 3 is 2.60 bits per heavy atom. The first kappa shape index (κ1) is 15.9. The highest BCUT2D eigenvalue weighted by atomic mass is 19.1. The number of halogens is 1. The molecule has 2 amide bonds. The molecule has 3 N–H and O–H groups in total. The third-order valence-electron chi connectivity index (χ3n) is 2.68. The van der Waals surface area contributed by atoms with Crippen molar-refractivity contribution in [1.82, 2.24) is 10.2 Å². The number of amides is 2. The molecule has 5 nitrogen and oxygen atoms in total. The van der Waals surface area contributed by atoms with E-state index in [1.807, 2.05) is 13.8 Å². The van der Waals surface area contributed by atoms with Crippen LogP contribution in [0, 0.1) is 11.7 Å². The van der Waals surface area contributed by atoms with E-state index in [9.17, 15) is 14.0 Å². The SMILES string of the molecule is CC(C)CNC(=O)CN(C)C(=O)c1ccc(F)c(N)c1. The number of rotatable bonds is 5. The largest absolute Gasteiger partial charge is 0.396 e. The van der Waals surface area contributed by atoms with Crippen LogP contribution < -0.4 is 11.1 Å². The molecule has 110 valence electrons. The van der Waals surface area contributed by atoms with Crippen LogP contribution in [0.5, 0.6) is 0 Å². The summed E-state index contributed by atoms with van der Waals surface area (Å²) < 4.78 is 13.0. The topological polar surface area (TPSA) is 75.4 Å². The minimum atomic E-state index is -0.570. The summed E-state index contributed by atoms with van der Waals surface area (Å²) >= 11 is 0. The Hall–Kier alpha value is -2.11. The number of carbonyl (C=O) groups is 2. The minimum absolute atomic E-state index is 0.0527. The summed E-state index contributed by atoms with van der Waals surface area (Å²) in [4.78, 5) is 24.9. The summed E-state index contributed by atoms with van der Waals surface area (Å²) in [5.74, 6) is -0.836. The Morgan fingerprint density at radius 2 is 2.05 bits per heavy atom. The van der Waals surface area contributed by atoms with Gasteiger partial charge in [0, 0.05) is 19.2 Å². The average Bonchev–Trinajstić information content (AvgIpc) is 2.38. The van der Waals surface area contributed by atoms with E-state index in [4.69, 9.17) is 5.73 Å². The van der Waals surface area contributed by atoms with Gasteiger partial charge >= 0.3 is 0 Å². The highest BCUT2D eigenvalue weighted by Crippen LogP contribution is 2.13. The van der Waals surface area contributed by atoms with Crippen molar-refractivity contribution in [2.24, 2.45) is 5.92 Å². The lowest BCUT2D eigenvalue weighted by Gasteiger charge is -2.17. The first-order chi connectivity index (χ1) is 9.31. The number of anilines is 1. The number of likely N-dealkylation sites (N-methyl/N-ethyl adjacent to an activating group) is 1. The second-order valence-corrected chi connectivity index (χ2v) is 5.10. The van der Waals surface area contributed by atoms with Gasteiger partial charge in [-0.1, -0.05) is 13.8 Å². The molecule has 0 fully saturated rings. The fraction of sp³-hybridized carbons (Fsp3) is 0.429. The first-order valence-corrected chi connectivity index (χ1v) is 6.38. The van der Waals surface area contributed by atoms with Crippen molar-refractivity contribution < 1.29 is 14.0 Å². The number of benzene rings is 1. The molecule has 20 heavy (non-hydrogen) atoms. The van der Waals surface area contributed by atoms with Gasteiger partial charge < -0.3 is 16.0 Å². The van der Waals surface area contributed by atoms with Gasteiger partial charge in [0.15, 0.2) is 0 Å². The van der Waals surface area contributed by atoms with Crippen molar-refractivity contribution in [2.45, 2.75) is 13.8 Å². The van der Waals surface area contributed by atoms with Gasteiger partial charge in [-0.25, -0.2) is 4.39 Å². The van der Waals surface area contributed by atoms with Crippen molar-refractivity contribution in [2.75, 3.05) is 25.9 Å². The van der Waals surface area contributed by atoms with Gasteiger partial charge in [-0.2, -0.15) is 0 Å². The summed E-state index contributed by atoms with van der Waals surface area (Å²) in [7, 11) is 1.51. The third kappa shape index (κ3) is 4.53. The molecule has 0 saturated carbocycles. The second kappa shape index (κ2) is 6.88. The van der Waals surface area contributed by atoms with Crippen molar-refractivity contribution in [1.29, 1.82) is 0 Å². The van der Waals surface area contributed by atoms with Crippen LogP contribution in [0.25, 0.3) is 0 Å². The fourth-order valence-electron chi connectivity index (χ4n) is 1.56. The summed E-state index contributed by atoms with van der Waals surface area (Å²) in [6.07, 6.45) is 0. The van der Waals surface area contributed by atoms with Crippen molar-refractivity contribution in [3.05, 3.63) is 29.6 Å². The Kier molecular flexibility index (Phi) is 5.49. The van der Waals surface area contributed by atoms with Crippen molar-refractivity contribution in [3.8, 4) is 0 Å². The van der Waals surface area contributed by atoms with E-state index in [0.29, 0.717) is 12.5 Å². The molecule has 0 heterocycles. The van der Waals surface area contributed by atoms with Crippen LogP contribution in [0.15, 0.2) is 18.2 Å². The lowest BCUT2D eigenvalue weighted by atomic mass is 10.1. The molecule has 0 aromatic heterocycles. The van der Waals surface area contributed by atoms with Crippen LogP contribution in [0.2, 0.25) is 0 Å². The van der Waals surface area contributed by atoms with Crippen molar-refractivity contribution >= 4 is 17.5 Å². The molecular weight excluding hydrogens is 261 g/mol. The van der Waals surface area contributed by atoms with E-state index in [-0.39, 0.29) is 29.6 Å². The maximum Gasteiger partial charge on any atom is 0.254 e. The van der Waals surface area contributed by atoms with Crippen LogP contribution >= 0.6 is 0 Å². The first-order valence-electron chi connectivity index (χ1n) is 6.38. The predicted molar refractivity (Wildman–Crippen MR) is 75.6 cm³/mol. The Morgan fingerprint density at radius 1 is 1.40 bits per heavy atom. The van der Waals surface area contributed by atoms with Crippen molar-refractivity contribution in [3.63, 3.8) is 0 Å². The lowest BCUT2D eigenvalue weighted by molar-refractivity contribution is -0.121. The molecule has 0 saturated heterocycles. The zero-order valence-electron chi connectivity index (χ0n) is 11.9. The molecular formula is C14H20FN3O2. The number of hydrogen-bond donors (Lipinski definition) is 2. The average molecular weight is 281 g/mol. The Balaban J connectivity index is 2.62. The molecule has 1 rings (SSSR count). The minimum Gasteiger partial charge on any atom is -0.396 e. The number of nitrogen functional groups attached to an aromatic ring is 1. The van der Waals surface area contributed by atoms with Gasteiger partial charge in [0.2, 0.25) is 5.91 Å². The number of nitrogens with zero attached hydrogens (tertiary/aromatic N) is 1. The molecule has 0 spiro atoms. The molecule has 1 aromatic carbocycles. The number of nitrogens with one attached hydrogen (secondary N) is 1. The van der Waals surface area contributed by atoms with Gasteiger partial charge in [-0.3, -0.25) is 9.59 Å². The third-order valence-corrected chi connectivity index (χ3v) is 2.68. The van der Waals surface area contributed by atoms with E-state index in [1.54, 1.807) is 0 Å². The van der Waals surface area contributed by atoms with Crippen LogP contribution in [-0.2, 0) is 4.79 Å². The quantitative estimate of drug-likeness (QED) is 0.798. The molecule has 0 aliphatic heterocycles. The van der Waals surface area contributed by atoms with Gasteiger partial charge in [0.1, 0.15) is 5.82 Å². The maximum atomic E-state index is 13.0. The highest BCUT2D eigenvalue weighted by molar-refractivity contribution is 5.97. The molecule has 0 radical (unpaired) electrons. The number of carbonyl (C=O) groups excluding carboxylic acids is 2. The Bertz CT molecular complexity index is 503. The molecule has 0 atom stereocenters. The molecule has 6 heteroatoms. The monoisotopic (exact) mass is 281 g/mol. The molecule has 1 aromatic rings. The summed E-state index contributed by atoms with van der Waals surface area (Å²) in [5.41, 5.74) is 5.58. The lowest BCUT2D eigenvalue weighted by Crippen LogP contribution is -2.39. The fourth-order valence-corrected chi connectivity index (χ4v) is 1.56. The van der Waals surface area contributed by atoms with Gasteiger partial charge in [-0.05, 0) is 24.1 Å². The van der Waals surface area contributed by atoms with E-state index in [0.717, 1.165) is 6.07 Å². The van der Waals surface area contributed by atoms with Crippen LogP contribution in [0.1, 0.15) is 24.2 Å². The zero-order valence-corrected chi connectivity index (χ0v) is 11.9. The van der Waals surface area contributed by atoms with E-state index in [2.05, 4.69) is 5.32 Å². The van der Waals surface area contributed by atoms with E-state index >= 15 is 0 Å². The van der Waals surface area contributed by atoms with Crippen LogP contribution in [0.3, 0.4) is 0 Å².